The molecule has 0 aliphatic rings. The van der Waals surface area contributed by atoms with E-state index >= 15 is 0 Å². The third-order valence-corrected chi connectivity index (χ3v) is 4.04. The number of hydrogen-bond donors (Lipinski definition) is 1. The molecule has 1 aromatic heterocycles. The number of pyridine rings is 1. The molecule has 0 saturated heterocycles. The van der Waals surface area contributed by atoms with Crippen LogP contribution in [0.25, 0.3) is 0 Å². The van der Waals surface area contributed by atoms with Gasteiger partial charge in [-0.1, -0.05) is 11.6 Å². The summed E-state index contributed by atoms with van der Waals surface area (Å²) in [6, 6.07) is 6.78. The second kappa shape index (κ2) is 7.66. The summed E-state index contributed by atoms with van der Waals surface area (Å²) in [5.74, 6) is 1.01. The number of rotatable bonds is 5. The van der Waals surface area contributed by atoms with Crippen molar-refractivity contribution in [2.24, 2.45) is 0 Å². The van der Waals surface area contributed by atoms with Crippen molar-refractivity contribution in [3.05, 3.63) is 51.2 Å². The van der Waals surface area contributed by atoms with Crippen LogP contribution in [0.4, 0.5) is 0 Å². The van der Waals surface area contributed by atoms with Gasteiger partial charge in [0.25, 0.3) is 5.91 Å². The van der Waals surface area contributed by atoms with Crippen molar-refractivity contribution in [1.82, 2.24) is 10.3 Å². The SMILES string of the molecule is COc1ccc(C(C)NC(=O)c2cc(Br)cnc2Cl)c(OC)c1. The molecule has 1 atom stereocenters. The van der Waals surface area contributed by atoms with Crippen molar-refractivity contribution in [3.8, 4) is 11.5 Å². The first-order valence-electron chi connectivity index (χ1n) is 6.80. The Morgan fingerprint density at radius 3 is 2.70 bits per heavy atom. The molecule has 122 valence electrons. The number of hydrogen-bond acceptors (Lipinski definition) is 4. The van der Waals surface area contributed by atoms with Crippen LogP contribution < -0.4 is 14.8 Å². The topological polar surface area (TPSA) is 60.5 Å². The van der Waals surface area contributed by atoms with Gasteiger partial charge in [-0.25, -0.2) is 4.98 Å². The maximum Gasteiger partial charge on any atom is 0.254 e. The molecule has 0 aliphatic heterocycles. The van der Waals surface area contributed by atoms with Crippen LogP contribution in [0.1, 0.15) is 28.9 Å². The quantitative estimate of drug-likeness (QED) is 0.772. The van der Waals surface area contributed by atoms with E-state index in [1.807, 2.05) is 19.1 Å². The van der Waals surface area contributed by atoms with Gasteiger partial charge in [-0.05, 0) is 41.1 Å². The number of nitrogens with zero attached hydrogens (tertiary/aromatic N) is 1. The average molecular weight is 400 g/mol. The second-order valence-corrected chi connectivity index (χ2v) is 6.07. The molecule has 2 rings (SSSR count). The predicted molar refractivity (Wildman–Crippen MR) is 92.4 cm³/mol. The molecule has 7 heteroatoms. The van der Waals surface area contributed by atoms with Gasteiger partial charge in [0, 0.05) is 22.3 Å². The van der Waals surface area contributed by atoms with Crippen LogP contribution in [-0.2, 0) is 0 Å². The van der Waals surface area contributed by atoms with Crippen molar-refractivity contribution >= 4 is 33.4 Å². The minimum absolute atomic E-state index is 0.152. The van der Waals surface area contributed by atoms with E-state index in [-0.39, 0.29) is 17.1 Å². The Hall–Kier alpha value is -1.79. The fourth-order valence-electron chi connectivity index (χ4n) is 2.11. The molecule has 0 fully saturated rings. The third-order valence-electron chi connectivity index (χ3n) is 3.31. The molecule has 0 radical (unpaired) electrons. The fourth-order valence-corrected chi connectivity index (χ4v) is 2.63. The fraction of sp³-hybridized carbons (Fsp3) is 0.250. The molecule has 0 spiro atoms. The Balaban J connectivity index is 2.23. The lowest BCUT2D eigenvalue weighted by molar-refractivity contribution is 0.0939. The Morgan fingerprint density at radius 2 is 2.04 bits per heavy atom. The number of ether oxygens (including phenoxy) is 2. The Labute approximate surface area is 148 Å². The first-order valence-corrected chi connectivity index (χ1v) is 7.97. The first-order chi connectivity index (χ1) is 11.0. The molecular formula is C16H16BrClN2O3. The second-order valence-electron chi connectivity index (χ2n) is 4.79. The van der Waals surface area contributed by atoms with Gasteiger partial charge in [0.2, 0.25) is 0 Å². The molecular weight excluding hydrogens is 384 g/mol. The molecule has 1 heterocycles. The smallest absolute Gasteiger partial charge is 0.254 e. The lowest BCUT2D eigenvalue weighted by Gasteiger charge is -2.18. The van der Waals surface area contributed by atoms with Crippen LogP contribution in [-0.4, -0.2) is 25.1 Å². The van der Waals surface area contributed by atoms with Gasteiger partial charge in [-0.15, -0.1) is 0 Å². The maximum atomic E-state index is 12.4. The Morgan fingerprint density at radius 1 is 1.30 bits per heavy atom. The minimum Gasteiger partial charge on any atom is -0.497 e. The number of halogens is 2. The number of benzene rings is 1. The number of nitrogens with one attached hydrogen (secondary N) is 1. The number of carbonyl (C=O) groups excluding carboxylic acids is 1. The molecule has 5 nitrogen and oxygen atoms in total. The maximum absolute atomic E-state index is 12.4. The number of methoxy groups -OCH3 is 2. The molecule has 1 N–H and O–H groups in total. The highest BCUT2D eigenvalue weighted by molar-refractivity contribution is 9.10. The number of aromatic nitrogens is 1. The van der Waals surface area contributed by atoms with E-state index in [0.717, 1.165) is 5.56 Å². The van der Waals surface area contributed by atoms with E-state index in [4.69, 9.17) is 21.1 Å². The average Bonchev–Trinajstić information content (AvgIpc) is 2.56. The molecule has 0 aliphatic carbocycles. The largest absolute Gasteiger partial charge is 0.497 e. The number of carbonyl (C=O) groups is 1. The summed E-state index contributed by atoms with van der Waals surface area (Å²) in [5, 5.41) is 3.04. The zero-order valence-electron chi connectivity index (χ0n) is 12.9. The van der Waals surface area contributed by atoms with Crippen molar-refractivity contribution < 1.29 is 14.3 Å². The van der Waals surface area contributed by atoms with Crippen molar-refractivity contribution in [2.75, 3.05) is 14.2 Å². The van der Waals surface area contributed by atoms with Gasteiger partial charge in [0.15, 0.2) is 0 Å². The van der Waals surface area contributed by atoms with Crippen LogP contribution in [0.15, 0.2) is 34.9 Å². The molecule has 1 aromatic carbocycles. The zero-order valence-corrected chi connectivity index (χ0v) is 15.2. The predicted octanol–water partition coefficient (Wildman–Crippen LogP) is 4.01. The van der Waals surface area contributed by atoms with E-state index < -0.39 is 0 Å². The summed E-state index contributed by atoms with van der Waals surface area (Å²) in [6.45, 7) is 1.86. The van der Waals surface area contributed by atoms with E-state index in [1.165, 1.54) is 6.20 Å². The van der Waals surface area contributed by atoms with Crippen molar-refractivity contribution in [2.45, 2.75) is 13.0 Å². The normalized spacial score (nSPS) is 11.7. The van der Waals surface area contributed by atoms with Crippen LogP contribution in [0.3, 0.4) is 0 Å². The molecule has 1 unspecified atom stereocenters. The van der Waals surface area contributed by atoms with Crippen molar-refractivity contribution in [3.63, 3.8) is 0 Å². The molecule has 0 bridgehead atoms. The number of amides is 1. The standard InChI is InChI=1S/C16H16BrClN2O3/c1-9(12-5-4-11(22-2)7-14(12)23-3)20-16(21)13-6-10(17)8-19-15(13)18/h4-9H,1-3H3,(H,20,21). The minimum atomic E-state index is -0.311. The molecule has 23 heavy (non-hydrogen) atoms. The molecule has 2 aromatic rings. The van der Waals surface area contributed by atoms with E-state index in [9.17, 15) is 4.79 Å². The molecule has 0 saturated carbocycles. The first kappa shape index (κ1) is 17.6. The van der Waals surface area contributed by atoms with Gasteiger partial charge in [-0.2, -0.15) is 0 Å². The monoisotopic (exact) mass is 398 g/mol. The van der Waals surface area contributed by atoms with Crippen LogP contribution in [0.5, 0.6) is 11.5 Å². The Bertz CT molecular complexity index is 724. The Kier molecular flexibility index (Phi) is 5.85. The highest BCUT2D eigenvalue weighted by Gasteiger charge is 2.18. The van der Waals surface area contributed by atoms with Gasteiger partial charge in [0.05, 0.1) is 25.8 Å². The summed E-state index contributed by atoms with van der Waals surface area (Å²) >= 11 is 9.26. The van der Waals surface area contributed by atoms with Crippen LogP contribution in [0, 0.1) is 0 Å². The summed E-state index contributed by atoms with van der Waals surface area (Å²) in [4.78, 5) is 16.4. The van der Waals surface area contributed by atoms with Crippen LogP contribution >= 0.6 is 27.5 Å². The van der Waals surface area contributed by atoms with Crippen LogP contribution in [0.2, 0.25) is 5.15 Å². The summed E-state index contributed by atoms with van der Waals surface area (Å²) in [5.41, 5.74) is 1.14. The third kappa shape index (κ3) is 4.14. The summed E-state index contributed by atoms with van der Waals surface area (Å²) in [6.07, 6.45) is 1.54. The van der Waals surface area contributed by atoms with Gasteiger partial charge in [-0.3, -0.25) is 4.79 Å². The van der Waals surface area contributed by atoms with Crippen molar-refractivity contribution in [1.29, 1.82) is 0 Å². The highest BCUT2D eigenvalue weighted by Crippen LogP contribution is 2.29. The summed E-state index contributed by atoms with van der Waals surface area (Å²) < 4.78 is 11.2. The van der Waals surface area contributed by atoms with Gasteiger partial charge >= 0.3 is 0 Å². The van der Waals surface area contributed by atoms with Gasteiger partial charge < -0.3 is 14.8 Å². The zero-order chi connectivity index (χ0) is 17.0. The lowest BCUT2D eigenvalue weighted by atomic mass is 10.1. The molecule has 1 amide bonds. The lowest BCUT2D eigenvalue weighted by Crippen LogP contribution is -2.27. The van der Waals surface area contributed by atoms with E-state index in [2.05, 4.69) is 26.2 Å². The summed E-state index contributed by atoms with van der Waals surface area (Å²) in [7, 11) is 3.16. The highest BCUT2D eigenvalue weighted by atomic mass is 79.9. The van der Waals surface area contributed by atoms with Gasteiger partial charge in [0.1, 0.15) is 16.7 Å². The van der Waals surface area contributed by atoms with E-state index in [1.54, 1.807) is 26.4 Å². The van der Waals surface area contributed by atoms with E-state index in [0.29, 0.717) is 21.5 Å².